The number of rotatable bonds is 5. The lowest BCUT2D eigenvalue weighted by Gasteiger charge is -2.22. The Morgan fingerprint density at radius 2 is 2.19 bits per heavy atom. The van der Waals surface area contributed by atoms with E-state index in [0.717, 1.165) is 40.3 Å². The van der Waals surface area contributed by atoms with E-state index in [4.69, 9.17) is 14.6 Å². The number of hydroxylamine groups is 1. The zero-order valence-corrected chi connectivity index (χ0v) is 15.3. The summed E-state index contributed by atoms with van der Waals surface area (Å²) in [5.41, 5.74) is 7.06. The van der Waals surface area contributed by atoms with Gasteiger partial charge in [0.15, 0.2) is 5.82 Å². The summed E-state index contributed by atoms with van der Waals surface area (Å²) >= 11 is 1.52. The number of benzene rings is 1. The van der Waals surface area contributed by atoms with E-state index >= 15 is 0 Å². The zero-order chi connectivity index (χ0) is 17.9. The molecule has 26 heavy (non-hydrogen) atoms. The summed E-state index contributed by atoms with van der Waals surface area (Å²) in [5.74, 6) is 0.551. The molecule has 3 heterocycles. The summed E-state index contributed by atoms with van der Waals surface area (Å²) in [7, 11) is 0. The molecular formula is C18H20N4O3S. The van der Waals surface area contributed by atoms with Crippen molar-refractivity contribution in [2.75, 3.05) is 13.2 Å². The van der Waals surface area contributed by atoms with Crippen molar-refractivity contribution >= 4 is 28.3 Å². The number of thiazole rings is 1. The van der Waals surface area contributed by atoms with Crippen LogP contribution >= 0.6 is 11.3 Å². The molecule has 7 nitrogen and oxygen atoms in total. The molecule has 1 aromatic carbocycles. The third-order valence-corrected chi connectivity index (χ3v) is 5.34. The van der Waals surface area contributed by atoms with Gasteiger partial charge in [0.2, 0.25) is 0 Å². The SMILES string of the molecule is Cc1ncsc1-c1nc2ccccc2n1CC(=O)NOC1CCOCC1. The average molecular weight is 372 g/mol. The number of hydrogen-bond acceptors (Lipinski definition) is 6. The van der Waals surface area contributed by atoms with Gasteiger partial charge in [-0.2, -0.15) is 0 Å². The smallest absolute Gasteiger partial charge is 0.263 e. The molecular weight excluding hydrogens is 352 g/mol. The van der Waals surface area contributed by atoms with E-state index in [1.807, 2.05) is 35.8 Å². The van der Waals surface area contributed by atoms with Crippen molar-refractivity contribution < 1.29 is 14.4 Å². The summed E-state index contributed by atoms with van der Waals surface area (Å²) in [4.78, 5) is 28.0. The monoisotopic (exact) mass is 372 g/mol. The first kappa shape index (κ1) is 17.1. The molecule has 1 aliphatic rings. The summed E-state index contributed by atoms with van der Waals surface area (Å²) < 4.78 is 7.21. The first-order chi connectivity index (χ1) is 12.7. The highest BCUT2D eigenvalue weighted by Gasteiger charge is 2.20. The third-order valence-electron chi connectivity index (χ3n) is 4.41. The highest BCUT2D eigenvalue weighted by Crippen LogP contribution is 2.29. The lowest BCUT2D eigenvalue weighted by Crippen LogP contribution is -2.35. The summed E-state index contributed by atoms with van der Waals surface area (Å²) in [6.07, 6.45) is 1.59. The standard InChI is InChI=1S/C18H20N4O3S/c1-12-17(26-11-19-12)18-20-14-4-2-3-5-15(14)22(18)10-16(23)21-25-13-6-8-24-9-7-13/h2-5,11,13H,6-10H2,1H3,(H,21,23). The molecule has 0 unspecified atom stereocenters. The summed E-state index contributed by atoms with van der Waals surface area (Å²) in [6.45, 7) is 3.42. The normalized spacial score (nSPS) is 15.4. The maximum atomic E-state index is 12.5. The molecule has 0 radical (unpaired) electrons. The van der Waals surface area contributed by atoms with Crippen LogP contribution in [0.2, 0.25) is 0 Å². The second kappa shape index (κ2) is 7.53. The van der Waals surface area contributed by atoms with Crippen LogP contribution in [-0.4, -0.2) is 39.8 Å². The van der Waals surface area contributed by atoms with E-state index in [2.05, 4.69) is 10.5 Å². The Morgan fingerprint density at radius 1 is 1.38 bits per heavy atom. The summed E-state index contributed by atoms with van der Waals surface area (Å²) in [6, 6.07) is 7.80. The lowest BCUT2D eigenvalue weighted by molar-refractivity contribution is -0.144. The van der Waals surface area contributed by atoms with Gasteiger partial charge in [-0.1, -0.05) is 12.1 Å². The van der Waals surface area contributed by atoms with Crippen LogP contribution in [0.4, 0.5) is 0 Å². The Labute approximate surface area is 154 Å². The molecule has 0 bridgehead atoms. The lowest BCUT2D eigenvalue weighted by atomic mass is 10.2. The number of carbonyl (C=O) groups is 1. The molecule has 1 saturated heterocycles. The van der Waals surface area contributed by atoms with Crippen LogP contribution in [0.1, 0.15) is 18.5 Å². The number of nitrogens with one attached hydrogen (secondary N) is 1. The van der Waals surface area contributed by atoms with Crippen molar-refractivity contribution in [2.45, 2.75) is 32.4 Å². The maximum Gasteiger partial charge on any atom is 0.263 e. The minimum atomic E-state index is -0.205. The van der Waals surface area contributed by atoms with E-state index in [-0.39, 0.29) is 18.6 Å². The second-order valence-corrected chi connectivity index (χ2v) is 7.09. The number of aromatic nitrogens is 3. The first-order valence-corrected chi connectivity index (χ1v) is 9.48. The van der Waals surface area contributed by atoms with Crippen LogP contribution < -0.4 is 5.48 Å². The molecule has 136 valence electrons. The molecule has 2 aromatic heterocycles. The second-order valence-electron chi connectivity index (χ2n) is 6.23. The number of fused-ring (bicyclic) bond motifs is 1. The van der Waals surface area contributed by atoms with E-state index in [1.165, 1.54) is 11.3 Å². The summed E-state index contributed by atoms with van der Waals surface area (Å²) in [5, 5.41) is 0. The van der Waals surface area contributed by atoms with Crippen LogP contribution in [0, 0.1) is 6.92 Å². The van der Waals surface area contributed by atoms with Crippen molar-refractivity contribution in [3.63, 3.8) is 0 Å². The molecule has 1 amide bonds. The third kappa shape index (κ3) is 3.48. The van der Waals surface area contributed by atoms with E-state index in [9.17, 15) is 4.79 Å². The van der Waals surface area contributed by atoms with Gasteiger partial charge in [0.05, 0.1) is 33.2 Å². The highest BCUT2D eigenvalue weighted by atomic mass is 32.1. The number of carbonyl (C=O) groups excluding carboxylic acids is 1. The van der Waals surface area contributed by atoms with Crippen molar-refractivity contribution in [2.24, 2.45) is 0 Å². The van der Waals surface area contributed by atoms with Gasteiger partial charge in [0.25, 0.3) is 5.91 Å². The maximum absolute atomic E-state index is 12.5. The quantitative estimate of drug-likeness (QED) is 0.697. The Morgan fingerprint density at radius 3 is 2.96 bits per heavy atom. The van der Waals surface area contributed by atoms with Gasteiger partial charge in [0, 0.05) is 13.2 Å². The van der Waals surface area contributed by atoms with Crippen molar-refractivity contribution in [3.05, 3.63) is 35.5 Å². The fourth-order valence-electron chi connectivity index (χ4n) is 3.04. The molecule has 1 N–H and O–H groups in total. The Kier molecular flexibility index (Phi) is 4.96. The van der Waals surface area contributed by atoms with E-state index in [0.29, 0.717) is 13.2 Å². The Balaban J connectivity index is 1.56. The van der Waals surface area contributed by atoms with Gasteiger partial charge in [0.1, 0.15) is 6.54 Å². The van der Waals surface area contributed by atoms with Crippen molar-refractivity contribution in [3.8, 4) is 10.7 Å². The van der Waals surface area contributed by atoms with Gasteiger partial charge in [-0.05, 0) is 31.9 Å². The van der Waals surface area contributed by atoms with Gasteiger partial charge in [-0.3, -0.25) is 9.63 Å². The fraction of sp³-hybridized carbons (Fsp3) is 0.389. The van der Waals surface area contributed by atoms with E-state index < -0.39 is 0 Å². The molecule has 3 aromatic rings. The number of para-hydroxylation sites is 2. The number of ether oxygens (including phenoxy) is 1. The van der Waals surface area contributed by atoms with E-state index in [1.54, 1.807) is 5.51 Å². The molecule has 0 spiro atoms. The number of hydrogen-bond donors (Lipinski definition) is 1. The van der Waals surface area contributed by atoms with Gasteiger partial charge in [-0.15, -0.1) is 11.3 Å². The number of imidazole rings is 1. The van der Waals surface area contributed by atoms with Crippen LogP contribution in [0.25, 0.3) is 21.7 Å². The molecule has 0 atom stereocenters. The predicted octanol–water partition coefficient (Wildman–Crippen LogP) is 2.70. The van der Waals surface area contributed by atoms with Crippen LogP contribution in [0.5, 0.6) is 0 Å². The highest BCUT2D eigenvalue weighted by molar-refractivity contribution is 7.13. The first-order valence-electron chi connectivity index (χ1n) is 8.60. The fourth-order valence-corrected chi connectivity index (χ4v) is 3.84. The average Bonchev–Trinajstić information content (AvgIpc) is 3.24. The number of amides is 1. The Hall–Kier alpha value is -2.29. The zero-order valence-electron chi connectivity index (χ0n) is 14.5. The number of aryl methyl sites for hydroxylation is 1. The molecule has 1 fully saturated rings. The minimum Gasteiger partial charge on any atom is -0.381 e. The van der Waals surface area contributed by atoms with Gasteiger partial charge >= 0.3 is 0 Å². The molecule has 1 aliphatic heterocycles. The van der Waals surface area contributed by atoms with Crippen LogP contribution in [0.3, 0.4) is 0 Å². The largest absolute Gasteiger partial charge is 0.381 e. The van der Waals surface area contributed by atoms with Crippen molar-refractivity contribution in [1.29, 1.82) is 0 Å². The molecule has 0 aliphatic carbocycles. The topological polar surface area (TPSA) is 78.3 Å². The van der Waals surface area contributed by atoms with Gasteiger partial charge in [-0.25, -0.2) is 15.4 Å². The van der Waals surface area contributed by atoms with Crippen LogP contribution in [-0.2, 0) is 20.9 Å². The minimum absolute atomic E-state index is 0.00967. The molecule has 8 heteroatoms. The van der Waals surface area contributed by atoms with Crippen molar-refractivity contribution in [1.82, 2.24) is 20.0 Å². The Bertz CT molecular complexity index is 914. The molecule has 4 rings (SSSR count). The number of nitrogens with zero attached hydrogens (tertiary/aromatic N) is 3. The van der Waals surface area contributed by atoms with Crippen LogP contribution in [0.15, 0.2) is 29.8 Å². The molecule has 0 saturated carbocycles. The van der Waals surface area contributed by atoms with Gasteiger partial charge < -0.3 is 9.30 Å². The predicted molar refractivity (Wildman–Crippen MR) is 98.6 cm³/mol.